The number of amides is 2. The van der Waals surface area contributed by atoms with Gasteiger partial charge in [-0.05, 0) is 60.2 Å². The standard InChI is InChI=1S/C29H24Cl2N2O7S2/c1-38-22-11-15(28(36)37)4-7-21(22)32-25(34)8-9-33-27(35)24(42-29(33)41)13-17-10-16(12-23(39-2)26(17)40-3)19-14-18(30)5-6-20(19)31/h4-7,10-14H,8-9H2,1-3H3,(H,32,34)(H,36,37)/b24-13-. The van der Waals surface area contributed by atoms with Crippen molar-refractivity contribution in [3.63, 3.8) is 0 Å². The second-order valence-electron chi connectivity index (χ2n) is 8.78. The summed E-state index contributed by atoms with van der Waals surface area (Å²) in [5, 5.41) is 12.8. The number of halogens is 2. The zero-order valence-corrected chi connectivity index (χ0v) is 25.7. The summed E-state index contributed by atoms with van der Waals surface area (Å²) in [7, 11) is 4.37. The van der Waals surface area contributed by atoms with E-state index in [4.69, 9.17) is 54.7 Å². The first kappa shape index (κ1) is 31.2. The highest BCUT2D eigenvalue weighted by atomic mass is 35.5. The number of thioether (sulfide) groups is 1. The van der Waals surface area contributed by atoms with E-state index < -0.39 is 11.9 Å². The Morgan fingerprint density at radius 1 is 1.02 bits per heavy atom. The molecule has 218 valence electrons. The molecule has 13 heteroatoms. The van der Waals surface area contributed by atoms with Gasteiger partial charge in [0.05, 0.1) is 37.5 Å². The Morgan fingerprint density at radius 3 is 2.43 bits per heavy atom. The normalized spacial score (nSPS) is 13.8. The van der Waals surface area contributed by atoms with Gasteiger partial charge in [-0.25, -0.2) is 4.79 Å². The van der Waals surface area contributed by atoms with Crippen LogP contribution < -0.4 is 19.5 Å². The number of anilines is 1. The molecule has 1 fully saturated rings. The Balaban J connectivity index is 1.54. The number of carbonyl (C=O) groups excluding carboxylic acids is 2. The second-order valence-corrected chi connectivity index (χ2v) is 11.3. The molecule has 0 atom stereocenters. The van der Waals surface area contributed by atoms with Crippen LogP contribution in [0.25, 0.3) is 17.2 Å². The van der Waals surface area contributed by atoms with Crippen LogP contribution in [0, 0.1) is 0 Å². The highest BCUT2D eigenvalue weighted by Gasteiger charge is 2.32. The summed E-state index contributed by atoms with van der Waals surface area (Å²) in [6.45, 7) is 0.0297. The van der Waals surface area contributed by atoms with E-state index in [9.17, 15) is 14.4 Å². The van der Waals surface area contributed by atoms with E-state index in [0.717, 1.165) is 11.8 Å². The van der Waals surface area contributed by atoms with E-state index in [-0.39, 0.29) is 30.2 Å². The minimum atomic E-state index is -1.12. The van der Waals surface area contributed by atoms with Crippen LogP contribution in [-0.4, -0.2) is 60.0 Å². The zero-order valence-electron chi connectivity index (χ0n) is 22.5. The zero-order chi connectivity index (χ0) is 30.6. The average molecular weight is 648 g/mol. The maximum Gasteiger partial charge on any atom is 0.335 e. The van der Waals surface area contributed by atoms with Gasteiger partial charge in [0, 0.05) is 34.1 Å². The molecule has 1 saturated heterocycles. The van der Waals surface area contributed by atoms with Gasteiger partial charge in [-0.2, -0.15) is 0 Å². The molecule has 1 aliphatic rings. The molecule has 3 aromatic rings. The van der Waals surface area contributed by atoms with Gasteiger partial charge in [-0.15, -0.1) is 0 Å². The summed E-state index contributed by atoms with van der Waals surface area (Å²) in [6, 6.07) is 12.8. The fourth-order valence-electron chi connectivity index (χ4n) is 4.16. The number of carboxylic acid groups (broad SMARTS) is 1. The summed E-state index contributed by atoms with van der Waals surface area (Å²) in [6.07, 6.45) is 1.58. The summed E-state index contributed by atoms with van der Waals surface area (Å²) in [4.78, 5) is 38.9. The third kappa shape index (κ3) is 6.81. The molecule has 0 aromatic heterocycles. The summed E-state index contributed by atoms with van der Waals surface area (Å²) in [5.41, 5.74) is 2.25. The lowest BCUT2D eigenvalue weighted by atomic mass is 10.0. The summed E-state index contributed by atoms with van der Waals surface area (Å²) < 4.78 is 16.6. The molecule has 0 spiro atoms. The molecule has 0 bridgehead atoms. The molecule has 2 amide bonds. The first-order valence-electron chi connectivity index (χ1n) is 12.2. The highest BCUT2D eigenvalue weighted by Crippen LogP contribution is 2.42. The predicted molar refractivity (Wildman–Crippen MR) is 168 cm³/mol. The number of hydrogen-bond donors (Lipinski definition) is 2. The number of carboxylic acids is 1. The molecule has 4 rings (SSSR count). The van der Waals surface area contributed by atoms with E-state index in [0.29, 0.717) is 53.1 Å². The van der Waals surface area contributed by atoms with Crippen molar-refractivity contribution in [3.8, 4) is 28.4 Å². The number of nitrogens with one attached hydrogen (secondary N) is 1. The van der Waals surface area contributed by atoms with Crippen molar-refractivity contribution < 1.29 is 33.7 Å². The van der Waals surface area contributed by atoms with Crippen LogP contribution in [0.1, 0.15) is 22.3 Å². The first-order valence-corrected chi connectivity index (χ1v) is 14.2. The van der Waals surface area contributed by atoms with Gasteiger partial charge in [-0.1, -0.05) is 47.2 Å². The molecule has 42 heavy (non-hydrogen) atoms. The highest BCUT2D eigenvalue weighted by molar-refractivity contribution is 8.26. The second kappa shape index (κ2) is 13.5. The fourth-order valence-corrected chi connectivity index (χ4v) is 5.86. The minimum Gasteiger partial charge on any atom is -0.495 e. The van der Waals surface area contributed by atoms with Gasteiger partial charge in [-0.3, -0.25) is 14.5 Å². The van der Waals surface area contributed by atoms with Crippen molar-refractivity contribution in [2.45, 2.75) is 6.42 Å². The summed E-state index contributed by atoms with van der Waals surface area (Å²) >= 11 is 19.2. The lowest BCUT2D eigenvalue weighted by Crippen LogP contribution is -2.31. The smallest absolute Gasteiger partial charge is 0.335 e. The topological polar surface area (TPSA) is 114 Å². The van der Waals surface area contributed by atoms with Crippen LogP contribution in [-0.2, 0) is 9.59 Å². The lowest BCUT2D eigenvalue weighted by molar-refractivity contribution is -0.122. The monoisotopic (exact) mass is 646 g/mol. The van der Waals surface area contributed by atoms with Crippen molar-refractivity contribution in [3.05, 3.63) is 74.6 Å². The largest absolute Gasteiger partial charge is 0.495 e. The Bertz CT molecular complexity index is 1630. The Labute approximate surface area is 261 Å². The molecule has 1 heterocycles. The van der Waals surface area contributed by atoms with E-state index >= 15 is 0 Å². The van der Waals surface area contributed by atoms with Gasteiger partial charge >= 0.3 is 5.97 Å². The number of ether oxygens (including phenoxy) is 3. The molecular formula is C29H24Cl2N2O7S2. The third-order valence-electron chi connectivity index (χ3n) is 6.19. The number of carbonyl (C=O) groups is 3. The van der Waals surface area contributed by atoms with Crippen molar-refractivity contribution >= 4 is 81.0 Å². The Hall–Kier alpha value is -3.77. The molecular weight excluding hydrogens is 623 g/mol. The number of aromatic carboxylic acids is 1. The molecule has 0 unspecified atom stereocenters. The Morgan fingerprint density at radius 2 is 1.76 bits per heavy atom. The lowest BCUT2D eigenvalue weighted by Gasteiger charge is -2.16. The maximum absolute atomic E-state index is 13.3. The van der Waals surface area contributed by atoms with Gasteiger partial charge in [0.15, 0.2) is 11.5 Å². The number of nitrogens with zero attached hydrogens (tertiary/aromatic N) is 1. The third-order valence-corrected chi connectivity index (χ3v) is 8.13. The van der Waals surface area contributed by atoms with Crippen LogP contribution >= 0.6 is 47.2 Å². The van der Waals surface area contributed by atoms with E-state index in [1.54, 1.807) is 30.3 Å². The van der Waals surface area contributed by atoms with Crippen molar-refractivity contribution in [2.24, 2.45) is 0 Å². The quantitative estimate of drug-likeness (QED) is 0.185. The maximum atomic E-state index is 13.3. The van der Waals surface area contributed by atoms with E-state index in [1.165, 1.54) is 44.4 Å². The van der Waals surface area contributed by atoms with Crippen LogP contribution in [0.2, 0.25) is 10.0 Å². The van der Waals surface area contributed by atoms with Crippen molar-refractivity contribution in [1.29, 1.82) is 0 Å². The van der Waals surface area contributed by atoms with Crippen molar-refractivity contribution in [1.82, 2.24) is 4.90 Å². The predicted octanol–water partition coefficient (Wildman–Crippen LogP) is 6.61. The van der Waals surface area contributed by atoms with Gasteiger partial charge in [0.2, 0.25) is 5.91 Å². The number of benzene rings is 3. The number of hydrogen-bond acceptors (Lipinski definition) is 8. The van der Waals surface area contributed by atoms with Crippen molar-refractivity contribution in [2.75, 3.05) is 33.2 Å². The minimum absolute atomic E-state index is 0.0182. The molecule has 0 aliphatic carbocycles. The van der Waals surface area contributed by atoms with E-state index in [1.807, 2.05) is 6.07 Å². The molecule has 0 radical (unpaired) electrons. The first-order chi connectivity index (χ1) is 20.1. The van der Waals surface area contributed by atoms with Crippen LogP contribution in [0.4, 0.5) is 5.69 Å². The Kier molecular flexibility index (Phi) is 10.00. The number of rotatable bonds is 10. The molecule has 1 aliphatic heterocycles. The summed E-state index contributed by atoms with van der Waals surface area (Å²) in [5.74, 6) is -0.865. The fraction of sp³-hybridized carbons (Fsp3) is 0.172. The van der Waals surface area contributed by atoms with Gasteiger partial charge in [0.25, 0.3) is 5.91 Å². The molecule has 3 aromatic carbocycles. The molecule has 0 saturated carbocycles. The van der Waals surface area contributed by atoms with Gasteiger partial charge in [0.1, 0.15) is 10.1 Å². The van der Waals surface area contributed by atoms with Crippen LogP contribution in [0.3, 0.4) is 0 Å². The van der Waals surface area contributed by atoms with Gasteiger partial charge < -0.3 is 24.6 Å². The average Bonchev–Trinajstić information content (AvgIpc) is 3.23. The van der Waals surface area contributed by atoms with Crippen LogP contribution in [0.5, 0.6) is 17.2 Å². The number of methoxy groups -OCH3 is 3. The van der Waals surface area contributed by atoms with E-state index in [2.05, 4.69) is 5.32 Å². The molecule has 2 N–H and O–H groups in total. The SMILES string of the molecule is COc1cc(C(=O)O)ccc1NC(=O)CCN1C(=O)/C(=C/c2cc(-c3cc(Cl)ccc3Cl)cc(OC)c2OC)SC1=S. The van der Waals surface area contributed by atoms with Crippen LogP contribution in [0.15, 0.2) is 53.4 Å². The molecule has 9 nitrogen and oxygen atoms in total. The number of thiocarbonyl (C=S) groups is 1.